The lowest BCUT2D eigenvalue weighted by Crippen LogP contribution is -2.14. The van der Waals surface area contributed by atoms with E-state index in [2.05, 4.69) is 50.4 Å². The minimum absolute atomic E-state index is 0.231. The molecule has 0 spiro atoms. The summed E-state index contributed by atoms with van der Waals surface area (Å²) in [6, 6.07) is 8.81. The summed E-state index contributed by atoms with van der Waals surface area (Å²) in [6.07, 6.45) is 1.25. The molecular weight excluding hydrogens is 222 g/mol. The average Bonchev–Trinajstić information content (AvgIpc) is 2.82. The molecule has 2 nitrogen and oxygen atoms in total. The molecule has 1 heterocycles. The lowest BCUT2D eigenvalue weighted by Gasteiger charge is -2.19. The highest BCUT2D eigenvalue weighted by atomic mass is 16.5. The van der Waals surface area contributed by atoms with Crippen LogP contribution >= 0.6 is 0 Å². The summed E-state index contributed by atoms with van der Waals surface area (Å²) in [5.41, 5.74) is 2.88. The molecular formula is C16H25NO. The van der Waals surface area contributed by atoms with Gasteiger partial charge in [-0.25, -0.2) is 0 Å². The monoisotopic (exact) mass is 247 g/mol. The smallest absolute Gasteiger partial charge is 0.0717 e. The number of ether oxygens (including phenoxy) is 1. The Labute approximate surface area is 111 Å². The maximum Gasteiger partial charge on any atom is 0.0717 e. The zero-order chi connectivity index (χ0) is 13.0. The maximum absolute atomic E-state index is 5.79. The maximum atomic E-state index is 5.79. The molecule has 1 unspecified atom stereocenters. The van der Waals surface area contributed by atoms with Gasteiger partial charge in [0.05, 0.1) is 13.2 Å². The van der Waals surface area contributed by atoms with Gasteiger partial charge < -0.3 is 10.1 Å². The molecule has 0 amide bonds. The van der Waals surface area contributed by atoms with Gasteiger partial charge in [-0.15, -0.1) is 0 Å². The standard InChI is InChI=1S/C16H25NO/c1-16(2,3)15-6-4-13(5-7-15)11-18-12-14-8-9-17-10-14/h4-7,14,17H,8-12H2,1-3H3. The molecule has 1 saturated heterocycles. The molecule has 18 heavy (non-hydrogen) atoms. The number of hydrogen-bond acceptors (Lipinski definition) is 2. The zero-order valence-corrected chi connectivity index (χ0v) is 11.8. The summed E-state index contributed by atoms with van der Waals surface area (Å²) in [7, 11) is 0. The molecule has 1 aliphatic rings. The van der Waals surface area contributed by atoms with Crippen LogP contribution in [-0.2, 0) is 16.8 Å². The Bertz CT molecular complexity index is 358. The van der Waals surface area contributed by atoms with Crippen molar-refractivity contribution in [1.29, 1.82) is 0 Å². The van der Waals surface area contributed by atoms with E-state index in [1.54, 1.807) is 0 Å². The molecule has 0 bridgehead atoms. The molecule has 1 aliphatic heterocycles. The number of rotatable bonds is 4. The normalized spacial score (nSPS) is 20.3. The molecule has 0 aliphatic carbocycles. The van der Waals surface area contributed by atoms with Gasteiger partial charge in [0, 0.05) is 6.54 Å². The first-order chi connectivity index (χ1) is 8.55. The van der Waals surface area contributed by atoms with E-state index in [0.29, 0.717) is 5.92 Å². The van der Waals surface area contributed by atoms with Crippen molar-refractivity contribution in [2.24, 2.45) is 5.92 Å². The van der Waals surface area contributed by atoms with E-state index in [4.69, 9.17) is 4.74 Å². The van der Waals surface area contributed by atoms with Crippen LogP contribution in [0.4, 0.5) is 0 Å². The first kappa shape index (κ1) is 13.6. The van der Waals surface area contributed by atoms with E-state index in [-0.39, 0.29) is 5.41 Å². The van der Waals surface area contributed by atoms with Crippen LogP contribution in [0.1, 0.15) is 38.3 Å². The second-order valence-electron chi connectivity index (χ2n) is 6.32. The van der Waals surface area contributed by atoms with Crippen LogP contribution in [0.2, 0.25) is 0 Å². The van der Waals surface area contributed by atoms with Crippen molar-refractivity contribution >= 4 is 0 Å². The number of benzene rings is 1. The second-order valence-corrected chi connectivity index (χ2v) is 6.32. The van der Waals surface area contributed by atoms with Crippen molar-refractivity contribution in [3.05, 3.63) is 35.4 Å². The molecule has 1 fully saturated rings. The lowest BCUT2D eigenvalue weighted by molar-refractivity contribution is 0.0924. The Balaban J connectivity index is 1.79. The van der Waals surface area contributed by atoms with Crippen LogP contribution in [0.5, 0.6) is 0 Å². The van der Waals surface area contributed by atoms with Gasteiger partial charge in [-0.05, 0) is 35.4 Å². The SMILES string of the molecule is CC(C)(C)c1ccc(COCC2CCNC2)cc1. The van der Waals surface area contributed by atoms with Crippen molar-refractivity contribution in [3.63, 3.8) is 0 Å². The van der Waals surface area contributed by atoms with Crippen molar-refractivity contribution in [1.82, 2.24) is 5.32 Å². The molecule has 1 atom stereocenters. The van der Waals surface area contributed by atoms with E-state index < -0.39 is 0 Å². The third kappa shape index (κ3) is 3.82. The minimum Gasteiger partial charge on any atom is -0.376 e. The lowest BCUT2D eigenvalue weighted by atomic mass is 9.87. The highest BCUT2D eigenvalue weighted by molar-refractivity contribution is 5.27. The van der Waals surface area contributed by atoms with E-state index in [0.717, 1.165) is 26.3 Å². The van der Waals surface area contributed by atoms with Gasteiger partial charge in [0.1, 0.15) is 0 Å². The molecule has 2 heteroatoms. The molecule has 0 aromatic heterocycles. The summed E-state index contributed by atoms with van der Waals surface area (Å²) in [5, 5.41) is 3.37. The quantitative estimate of drug-likeness (QED) is 0.882. The van der Waals surface area contributed by atoms with Crippen molar-refractivity contribution in [2.75, 3.05) is 19.7 Å². The third-order valence-corrected chi connectivity index (χ3v) is 3.60. The zero-order valence-electron chi connectivity index (χ0n) is 11.8. The van der Waals surface area contributed by atoms with E-state index in [9.17, 15) is 0 Å². The molecule has 1 aromatic carbocycles. The highest BCUT2D eigenvalue weighted by Crippen LogP contribution is 2.22. The van der Waals surface area contributed by atoms with Crippen LogP contribution in [0.3, 0.4) is 0 Å². The van der Waals surface area contributed by atoms with Gasteiger partial charge in [0.2, 0.25) is 0 Å². The Morgan fingerprint density at radius 2 is 1.94 bits per heavy atom. The molecule has 0 radical (unpaired) electrons. The van der Waals surface area contributed by atoms with E-state index in [1.807, 2.05) is 0 Å². The Hall–Kier alpha value is -0.860. The van der Waals surface area contributed by atoms with Gasteiger partial charge in [-0.1, -0.05) is 45.0 Å². The average molecular weight is 247 g/mol. The second kappa shape index (κ2) is 5.85. The Kier molecular flexibility index (Phi) is 4.41. The van der Waals surface area contributed by atoms with Crippen LogP contribution in [-0.4, -0.2) is 19.7 Å². The van der Waals surface area contributed by atoms with Crippen molar-refractivity contribution in [2.45, 2.75) is 39.2 Å². The fourth-order valence-electron chi connectivity index (χ4n) is 2.30. The largest absolute Gasteiger partial charge is 0.376 e. The number of nitrogens with one attached hydrogen (secondary N) is 1. The van der Waals surface area contributed by atoms with Gasteiger partial charge in [0.15, 0.2) is 0 Å². The third-order valence-electron chi connectivity index (χ3n) is 3.60. The highest BCUT2D eigenvalue weighted by Gasteiger charge is 2.15. The Morgan fingerprint density at radius 1 is 1.22 bits per heavy atom. The van der Waals surface area contributed by atoms with E-state index in [1.165, 1.54) is 17.5 Å². The van der Waals surface area contributed by atoms with Crippen LogP contribution in [0.25, 0.3) is 0 Å². The van der Waals surface area contributed by atoms with Crippen LogP contribution in [0.15, 0.2) is 24.3 Å². The topological polar surface area (TPSA) is 21.3 Å². The molecule has 1 N–H and O–H groups in total. The predicted molar refractivity (Wildman–Crippen MR) is 75.8 cm³/mol. The van der Waals surface area contributed by atoms with Gasteiger partial charge in [-0.3, -0.25) is 0 Å². The van der Waals surface area contributed by atoms with Gasteiger partial charge in [-0.2, -0.15) is 0 Å². The van der Waals surface area contributed by atoms with Crippen LogP contribution < -0.4 is 5.32 Å². The predicted octanol–water partition coefficient (Wildman–Crippen LogP) is 3.11. The molecule has 0 saturated carbocycles. The molecule has 1 aromatic rings. The fraction of sp³-hybridized carbons (Fsp3) is 0.625. The van der Waals surface area contributed by atoms with Gasteiger partial charge >= 0.3 is 0 Å². The van der Waals surface area contributed by atoms with Crippen molar-refractivity contribution in [3.8, 4) is 0 Å². The number of hydrogen-bond donors (Lipinski definition) is 1. The summed E-state index contributed by atoms with van der Waals surface area (Å²) in [4.78, 5) is 0. The summed E-state index contributed by atoms with van der Waals surface area (Å²) >= 11 is 0. The fourth-order valence-corrected chi connectivity index (χ4v) is 2.30. The first-order valence-electron chi connectivity index (χ1n) is 6.93. The van der Waals surface area contributed by atoms with Crippen molar-refractivity contribution < 1.29 is 4.74 Å². The Morgan fingerprint density at radius 3 is 2.50 bits per heavy atom. The van der Waals surface area contributed by atoms with E-state index >= 15 is 0 Å². The molecule has 100 valence electrons. The summed E-state index contributed by atoms with van der Waals surface area (Å²) < 4.78 is 5.79. The summed E-state index contributed by atoms with van der Waals surface area (Å²) in [5.74, 6) is 0.707. The minimum atomic E-state index is 0.231. The van der Waals surface area contributed by atoms with Gasteiger partial charge in [0.25, 0.3) is 0 Å². The first-order valence-corrected chi connectivity index (χ1v) is 6.93. The molecule has 2 rings (SSSR count). The summed E-state index contributed by atoms with van der Waals surface area (Å²) in [6.45, 7) is 10.6. The van der Waals surface area contributed by atoms with Crippen LogP contribution in [0, 0.1) is 5.92 Å².